The van der Waals surface area contributed by atoms with Crippen LogP contribution < -0.4 is 15.8 Å². The van der Waals surface area contributed by atoms with Gasteiger partial charge in [-0.2, -0.15) is 0 Å². The molecule has 3 N–H and O–H groups in total. The number of unbranched alkanes of at least 4 members (excludes halogenated alkanes) is 1. The van der Waals surface area contributed by atoms with Crippen molar-refractivity contribution in [2.45, 2.75) is 52.2 Å². The highest BCUT2D eigenvalue weighted by Gasteiger charge is 2.24. The highest BCUT2D eigenvalue weighted by atomic mass is 16.5. The van der Waals surface area contributed by atoms with Crippen LogP contribution in [0.4, 0.5) is 5.69 Å². The number of para-hydroxylation sites is 1. The van der Waals surface area contributed by atoms with Gasteiger partial charge >= 0.3 is 0 Å². The molecule has 35 heavy (non-hydrogen) atoms. The summed E-state index contributed by atoms with van der Waals surface area (Å²) in [6, 6.07) is 24.1. The van der Waals surface area contributed by atoms with E-state index in [0.717, 1.165) is 24.9 Å². The van der Waals surface area contributed by atoms with E-state index in [9.17, 15) is 4.79 Å². The zero-order valence-electron chi connectivity index (χ0n) is 20.9. The minimum Gasteiger partial charge on any atom is -0.457 e. The van der Waals surface area contributed by atoms with E-state index in [0.29, 0.717) is 35.3 Å². The summed E-state index contributed by atoms with van der Waals surface area (Å²) in [5, 5.41) is 3.52. The summed E-state index contributed by atoms with van der Waals surface area (Å²) >= 11 is 0. The van der Waals surface area contributed by atoms with Crippen molar-refractivity contribution < 1.29 is 14.3 Å². The van der Waals surface area contributed by atoms with E-state index in [1.165, 1.54) is 12.8 Å². The Morgan fingerprint density at radius 2 is 1.66 bits per heavy atom. The third-order valence-electron chi connectivity index (χ3n) is 6.17. The maximum atomic E-state index is 13.7. The summed E-state index contributed by atoms with van der Waals surface area (Å²) in [6.07, 6.45) is 4.61. The minimum atomic E-state index is -0.467. The summed E-state index contributed by atoms with van der Waals surface area (Å²) in [5.74, 6) is 1.65. The number of nitrogens with two attached hydrogens (primary N) is 1. The van der Waals surface area contributed by atoms with Gasteiger partial charge in [-0.25, -0.2) is 0 Å². The van der Waals surface area contributed by atoms with Gasteiger partial charge in [0.05, 0.1) is 24.8 Å². The molecule has 0 bridgehead atoms. The Labute approximate surface area is 209 Å². The fraction of sp³-hybridized carbons (Fsp3) is 0.367. The van der Waals surface area contributed by atoms with Crippen LogP contribution in [-0.2, 0) is 11.3 Å². The molecule has 186 valence electrons. The van der Waals surface area contributed by atoms with Crippen LogP contribution in [-0.4, -0.2) is 25.0 Å². The topological polar surface area (TPSA) is 73.6 Å². The molecule has 0 aliphatic carbocycles. The summed E-state index contributed by atoms with van der Waals surface area (Å²) < 4.78 is 12.1. The second-order valence-corrected chi connectivity index (χ2v) is 8.91. The van der Waals surface area contributed by atoms with Crippen molar-refractivity contribution in [1.82, 2.24) is 5.32 Å². The van der Waals surface area contributed by atoms with Crippen LogP contribution >= 0.6 is 0 Å². The molecule has 3 aromatic rings. The molecule has 5 nitrogen and oxygen atoms in total. The average Bonchev–Trinajstić information content (AvgIpc) is 2.89. The van der Waals surface area contributed by atoms with Gasteiger partial charge in [0.25, 0.3) is 0 Å². The molecule has 0 radical (unpaired) electrons. The van der Waals surface area contributed by atoms with Crippen LogP contribution in [0.5, 0.6) is 11.5 Å². The third-order valence-corrected chi connectivity index (χ3v) is 6.17. The number of carbonyl (C=O) groups excluding carboxylic acids is 1. The number of anilines is 1. The van der Waals surface area contributed by atoms with Gasteiger partial charge in [0, 0.05) is 5.69 Å². The predicted octanol–water partition coefficient (Wildman–Crippen LogP) is 6.64. The maximum absolute atomic E-state index is 13.7. The van der Waals surface area contributed by atoms with Gasteiger partial charge in [0.1, 0.15) is 11.5 Å². The van der Waals surface area contributed by atoms with Crippen molar-refractivity contribution >= 4 is 11.5 Å². The lowest BCUT2D eigenvalue weighted by Crippen LogP contribution is -2.43. The Morgan fingerprint density at radius 1 is 0.943 bits per heavy atom. The molecular formula is C30H38N2O3. The number of nitrogen functional groups attached to an aromatic ring is 1. The van der Waals surface area contributed by atoms with Gasteiger partial charge in [0.2, 0.25) is 0 Å². The van der Waals surface area contributed by atoms with E-state index in [1.807, 2.05) is 54.6 Å². The van der Waals surface area contributed by atoms with E-state index in [-0.39, 0.29) is 12.4 Å². The molecule has 3 aromatic carbocycles. The predicted molar refractivity (Wildman–Crippen MR) is 143 cm³/mol. The van der Waals surface area contributed by atoms with E-state index >= 15 is 0 Å². The number of hydrogen-bond acceptors (Lipinski definition) is 5. The van der Waals surface area contributed by atoms with Crippen LogP contribution in [0.15, 0.2) is 78.9 Å². The second-order valence-electron chi connectivity index (χ2n) is 8.91. The van der Waals surface area contributed by atoms with Gasteiger partial charge in [0.15, 0.2) is 5.78 Å². The lowest BCUT2D eigenvalue weighted by atomic mass is 9.98. The molecule has 0 fully saturated rings. The van der Waals surface area contributed by atoms with Crippen LogP contribution in [0.25, 0.3) is 0 Å². The zero-order chi connectivity index (χ0) is 24.9. The summed E-state index contributed by atoms with van der Waals surface area (Å²) in [4.78, 5) is 13.7. The molecule has 3 rings (SSSR count). The second kappa shape index (κ2) is 14.3. The Balaban J connectivity index is 1.74. The van der Waals surface area contributed by atoms with E-state index < -0.39 is 6.04 Å². The van der Waals surface area contributed by atoms with Gasteiger partial charge in [-0.1, -0.05) is 75.6 Å². The lowest BCUT2D eigenvalue weighted by molar-refractivity contribution is 0.0720. The first kappa shape index (κ1) is 26.5. The van der Waals surface area contributed by atoms with Crippen molar-refractivity contribution in [3.05, 3.63) is 90.0 Å². The van der Waals surface area contributed by atoms with Gasteiger partial charge in [-0.05, 0) is 60.8 Å². The molecule has 0 saturated heterocycles. The largest absolute Gasteiger partial charge is 0.457 e. The van der Waals surface area contributed by atoms with E-state index in [1.54, 1.807) is 24.3 Å². The first-order valence-corrected chi connectivity index (χ1v) is 12.6. The lowest BCUT2D eigenvalue weighted by Gasteiger charge is -2.23. The standard InChI is InChI=1S/C30H38N2O3/c1-3-5-11-23(4-2)20-32-28(22-34-21-24-12-7-6-8-13-24)30(33)27-14-9-10-15-29(27)35-26-18-16-25(31)17-19-26/h6-10,12-19,23,28,32H,3-5,11,20-22,31H2,1-2H3. The molecule has 0 amide bonds. The Hall–Kier alpha value is -3.15. The molecule has 0 spiro atoms. The van der Waals surface area contributed by atoms with Crippen LogP contribution in [0.1, 0.15) is 55.5 Å². The number of ether oxygens (including phenoxy) is 2. The van der Waals surface area contributed by atoms with Crippen molar-refractivity contribution in [2.75, 3.05) is 18.9 Å². The number of benzene rings is 3. The molecule has 2 atom stereocenters. The molecule has 0 heterocycles. The number of ketones is 1. The highest BCUT2D eigenvalue weighted by molar-refractivity contribution is 6.02. The van der Waals surface area contributed by atoms with E-state index in [2.05, 4.69) is 19.2 Å². The SMILES string of the molecule is CCCCC(CC)CNC(COCc1ccccc1)C(=O)c1ccccc1Oc1ccc(N)cc1. The quantitative estimate of drug-likeness (QED) is 0.191. The Bertz CT molecular complexity index is 1020. The van der Waals surface area contributed by atoms with Crippen LogP contribution in [0.3, 0.4) is 0 Å². The number of rotatable bonds is 15. The monoisotopic (exact) mass is 474 g/mol. The van der Waals surface area contributed by atoms with Crippen molar-refractivity contribution in [2.24, 2.45) is 5.92 Å². The summed E-state index contributed by atoms with van der Waals surface area (Å²) in [6.45, 7) is 5.95. The molecule has 5 heteroatoms. The summed E-state index contributed by atoms with van der Waals surface area (Å²) in [7, 11) is 0. The normalized spacial score (nSPS) is 12.7. The Morgan fingerprint density at radius 3 is 2.37 bits per heavy atom. The van der Waals surface area contributed by atoms with Crippen LogP contribution in [0, 0.1) is 5.92 Å². The number of Topliss-reactive ketones (excluding diaryl/α,β-unsaturated/α-hetero) is 1. The molecule has 0 aliphatic heterocycles. The third kappa shape index (κ3) is 8.53. The molecule has 0 aromatic heterocycles. The Kier molecular flexibility index (Phi) is 10.8. The fourth-order valence-electron chi connectivity index (χ4n) is 3.96. The molecule has 2 unspecified atom stereocenters. The number of carbonyl (C=O) groups is 1. The molecule has 0 saturated carbocycles. The molecule has 0 aliphatic rings. The highest BCUT2D eigenvalue weighted by Crippen LogP contribution is 2.27. The van der Waals surface area contributed by atoms with Crippen LogP contribution in [0.2, 0.25) is 0 Å². The van der Waals surface area contributed by atoms with Gasteiger partial charge < -0.3 is 20.5 Å². The zero-order valence-corrected chi connectivity index (χ0v) is 20.9. The fourth-order valence-corrected chi connectivity index (χ4v) is 3.96. The first-order valence-electron chi connectivity index (χ1n) is 12.6. The first-order chi connectivity index (χ1) is 17.1. The van der Waals surface area contributed by atoms with Crippen molar-refractivity contribution in [3.8, 4) is 11.5 Å². The maximum Gasteiger partial charge on any atom is 0.185 e. The van der Waals surface area contributed by atoms with Gasteiger partial charge in [-0.15, -0.1) is 0 Å². The smallest absolute Gasteiger partial charge is 0.185 e. The number of hydrogen-bond donors (Lipinski definition) is 2. The minimum absolute atomic E-state index is 0.0329. The van der Waals surface area contributed by atoms with E-state index in [4.69, 9.17) is 15.2 Å². The van der Waals surface area contributed by atoms with Gasteiger partial charge in [-0.3, -0.25) is 4.79 Å². The molecular weight excluding hydrogens is 436 g/mol. The summed E-state index contributed by atoms with van der Waals surface area (Å²) in [5.41, 5.74) is 8.07. The average molecular weight is 475 g/mol. The van der Waals surface area contributed by atoms with Crippen molar-refractivity contribution in [1.29, 1.82) is 0 Å². The van der Waals surface area contributed by atoms with Crippen molar-refractivity contribution in [3.63, 3.8) is 0 Å². The number of nitrogens with one attached hydrogen (secondary N) is 1.